The highest BCUT2D eigenvalue weighted by atomic mass is 127. The molecule has 2 heterocycles. The molecule has 0 radical (unpaired) electrons. The number of anilines is 1. The van der Waals surface area contributed by atoms with Crippen LogP contribution in [-0.2, 0) is 10.0 Å². The first-order valence-electron chi connectivity index (χ1n) is 9.79. The minimum Gasteiger partial charge on any atom is -0.437 e. The number of amides is 1. The van der Waals surface area contributed by atoms with Crippen LogP contribution in [0.25, 0.3) is 22.4 Å². The molecule has 2 aromatic heterocycles. The first kappa shape index (κ1) is 24.4. The van der Waals surface area contributed by atoms with Crippen LogP contribution in [0.5, 0.6) is 0 Å². The maximum atomic E-state index is 13.4. The first-order valence-corrected chi connectivity index (χ1v) is 12.7. The molecule has 0 spiro atoms. The summed E-state index contributed by atoms with van der Waals surface area (Å²) >= 11 is 1.97. The van der Waals surface area contributed by atoms with Gasteiger partial charge in [0, 0.05) is 19.2 Å². The van der Waals surface area contributed by atoms with Gasteiger partial charge < -0.3 is 14.8 Å². The normalized spacial score (nSPS) is 12.7. The van der Waals surface area contributed by atoms with Crippen LogP contribution in [0.2, 0.25) is 0 Å². The molecule has 0 aliphatic rings. The first-order chi connectivity index (χ1) is 15.0. The summed E-state index contributed by atoms with van der Waals surface area (Å²) in [7, 11) is -2.18. The third kappa shape index (κ3) is 5.21. The van der Waals surface area contributed by atoms with E-state index in [0.29, 0.717) is 27.4 Å². The fourth-order valence-corrected chi connectivity index (χ4v) is 5.08. The molecular formula is C21H23FIN3O5S. The summed E-state index contributed by atoms with van der Waals surface area (Å²) in [4.78, 5) is 17.1. The van der Waals surface area contributed by atoms with Crippen molar-refractivity contribution in [3.8, 4) is 11.3 Å². The second kappa shape index (κ2) is 9.71. The molecule has 1 unspecified atom stereocenters. The zero-order chi connectivity index (χ0) is 23.6. The summed E-state index contributed by atoms with van der Waals surface area (Å²) < 4.78 is 45.9. The minimum absolute atomic E-state index is 0.0857. The standard InChI is InChI=1S/C21H23FIN3O5S/c1-12(27)5-4-10-26(32(3,29)30)19-16(23)11-15-17(20(28)24-2)18(31-21(15)25-19)13-6-8-14(22)9-7-13/h6-9,11-12,27H,4-5,10H2,1-3H3,(H,24,28). The summed E-state index contributed by atoms with van der Waals surface area (Å²) in [5.41, 5.74) is 0.796. The topological polar surface area (TPSA) is 113 Å². The van der Waals surface area contributed by atoms with Crippen LogP contribution in [0.15, 0.2) is 34.7 Å². The SMILES string of the molecule is CNC(=O)c1c(-c2ccc(F)cc2)oc2nc(N(CCCC(C)O)S(C)(=O)=O)c(I)cc12. The molecule has 0 saturated carbocycles. The van der Waals surface area contributed by atoms with E-state index in [1.54, 1.807) is 13.0 Å². The van der Waals surface area contributed by atoms with Crippen molar-refractivity contribution in [2.24, 2.45) is 0 Å². The van der Waals surface area contributed by atoms with Crippen molar-refractivity contribution in [1.82, 2.24) is 10.3 Å². The van der Waals surface area contributed by atoms with Crippen molar-refractivity contribution in [3.63, 3.8) is 0 Å². The monoisotopic (exact) mass is 575 g/mol. The fourth-order valence-electron chi connectivity index (χ4n) is 3.28. The van der Waals surface area contributed by atoms with Crippen molar-refractivity contribution in [1.29, 1.82) is 0 Å². The van der Waals surface area contributed by atoms with Crippen LogP contribution in [0, 0.1) is 9.39 Å². The van der Waals surface area contributed by atoms with Crippen molar-refractivity contribution in [2.75, 3.05) is 24.2 Å². The largest absolute Gasteiger partial charge is 0.437 e. The Labute approximate surface area is 199 Å². The average Bonchev–Trinajstić information content (AvgIpc) is 3.08. The molecule has 11 heteroatoms. The maximum Gasteiger partial charge on any atom is 0.255 e. The van der Waals surface area contributed by atoms with Crippen LogP contribution in [0.3, 0.4) is 0 Å². The van der Waals surface area contributed by atoms with Crippen molar-refractivity contribution < 1.29 is 27.1 Å². The minimum atomic E-state index is -3.67. The van der Waals surface area contributed by atoms with Gasteiger partial charge in [-0.05, 0) is 72.7 Å². The van der Waals surface area contributed by atoms with E-state index in [1.807, 2.05) is 22.6 Å². The number of aliphatic hydroxyl groups excluding tert-OH is 1. The number of carbonyl (C=O) groups excluding carboxylic acids is 1. The number of pyridine rings is 1. The molecule has 0 aliphatic carbocycles. The Morgan fingerprint density at radius 1 is 1.34 bits per heavy atom. The van der Waals surface area contributed by atoms with Crippen molar-refractivity contribution >= 4 is 55.4 Å². The van der Waals surface area contributed by atoms with E-state index in [2.05, 4.69) is 10.3 Å². The molecule has 2 N–H and O–H groups in total. The van der Waals surface area contributed by atoms with Gasteiger partial charge in [-0.25, -0.2) is 12.8 Å². The number of hydrogen-bond acceptors (Lipinski definition) is 6. The quantitative estimate of drug-likeness (QED) is 0.398. The third-order valence-corrected chi connectivity index (χ3v) is 6.75. The van der Waals surface area contributed by atoms with Crippen LogP contribution >= 0.6 is 22.6 Å². The number of nitrogens with one attached hydrogen (secondary N) is 1. The summed E-state index contributed by atoms with van der Waals surface area (Å²) in [6, 6.07) is 7.14. The highest BCUT2D eigenvalue weighted by molar-refractivity contribution is 14.1. The molecule has 32 heavy (non-hydrogen) atoms. The number of fused-ring (bicyclic) bond motifs is 1. The van der Waals surface area contributed by atoms with Gasteiger partial charge in [0.15, 0.2) is 5.82 Å². The number of furan rings is 1. The molecular weight excluding hydrogens is 552 g/mol. The third-order valence-electron chi connectivity index (χ3n) is 4.80. The number of benzene rings is 1. The van der Waals surface area contributed by atoms with Gasteiger partial charge in [0.05, 0.1) is 26.9 Å². The predicted molar refractivity (Wildman–Crippen MR) is 129 cm³/mol. The molecule has 0 bridgehead atoms. The van der Waals surface area contributed by atoms with Gasteiger partial charge in [0.1, 0.15) is 11.6 Å². The molecule has 172 valence electrons. The van der Waals surface area contributed by atoms with E-state index in [-0.39, 0.29) is 29.4 Å². The van der Waals surface area contributed by atoms with Gasteiger partial charge >= 0.3 is 0 Å². The number of nitrogens with zero attached hydrogens (tertiary/aromatic N) is 2. The van der Waals surface area contributed by atoms with Gasteiger partial charge in [-0.2, -0.15) is 4.98 Å². The Morgan fingerprint density at radius 3 is 2.56 bits per heavy atom. The summed E-state index contributed by atoms with van der Waals surface area (Å²) in [6.45, 7) is 1.77. The molecule has 0 saturated heterocycles. The molecule has 8 nitrogen and oxygen atoms in total. The number of aromatic nitrogens is 1. The lowest BCUT2D eigenvalue weighted by atomic mass is 10.1. The molecule has 1 aromatic carbocycles. The number of carbonyl (C=O) groups is 1. The number of rotatable bonds is 8. The Hall–Kier alpha value is -2.25. The average molecular weight is 575 g/mol. The summed E-state index contributed by atoms with van der Waals surface area (Å²) in [5.74, 6) is -0.457. The second-order valence-corrected chi connectivity index (χ2v) is 10.4. The maximum absolute atomic E-state index is 13.4. The Balaban J connectivity index is 2.18. The number of aliphatic hydroxyl groups is 1. The van der Waals surface area contributed by atoms with Crippen LogP contribution in [0.4, 0.5) is 10.2 Å². The molecule has 3 rings (SSSR count). The second-order valence-electron chi connectivity index (χ2n) is 7.37. The Morgan fingerprint density at radius 2 is 2.00 bits per heavy atom. The number of hydrogen-bond donors (Lipinski definition) is 2. The van der Waals surface area contributed by atoms with Crippen LogP contribution < -0.4 is 9.62 Å². The van der Waals surface area contributed by atoms with E-state index < -0.39 is 27.9 Å². The van der Waals surface area contributed by atoms with E-state index in [4.69, 9.17) is 4.42 Å². The lowest BCUT2D eigenvalue weighted by Gasteiger charge is -2.22. The Bertz CT molecular complexity index is 1240. The van der Waals surface area contributed by atoms with Gasteiger partial charge in [-0.3, -0.25) is 9.10 Å². The van der Waals surface area contributed by atoms with Crippen molar-refractivity contribution in [2.45, 2.75) is 25.9 Å². The number of halogens is 2. The van der Waals surface area contributed by atoms with Gasteiger partial charge in [0.25, 0.3) is 5.91 Å². The van der Waals surface area contributed by atoms with Gasteiger partial charge in [-0.15, -0.1) is 0 Å². The van der Waals surface area contributed by atoms with E-state index >= 15 is 0 Å². The zero-order valence-electron chi connectivity index (χ0n) is 17.7. The zero-order valence-corrected chi connectivity index (χ0v) is 20.7. The van der Waals surface area contributed by atoms with E-state index in [9.17, 15) is 22.7 Å². The number of sulfonamides is 1. The van der Waals surface area contributed by atoms with E-state index in [1.165, 1.54) is 31.3 Å². The van der Waals surface area contributed by atoms with Gasteiger partial charge in [-0.1, -0.05) is 0 Å². The summed E-state index contributed by atoms with van der Waals surface area (Å²) in [5, 5.41) is 12.5. The molecule has 0 aliphatic heterocycles. The molecule has 0 fully saturated rings. The smallest absolute Gasteiger partial charge is 0.255 e. The molecule has 3 aromatic rings. The molecule has 1 amide bonds. The van der Waals surface area contributed by atoms with Crippen LogP contribution in [-0.4, -0.2) is 50.4 Å². The lowest BCUT2D eigenvalue weighted by molar-refractivity contribution is 0.0964. The van der Waals surface area contributed by atoms with Gasteiger partial charge in [0.2, 0.25) is 15.7 Å². The highest BCUT2D eigenvalue weighted by Gasteiger charge is 2.27. The predicted octanol–water partition coefficient (Wildman–Crippen LogP) is 3.53. The molecule has 1 atom stereocenters. The highest BCUT2D eigenvalue weighted by Crippen LogP contribution is 2.36. The Kier molecular flexibility index (Phi) is 7.40. The van der Waals surface area contributed by atoms with Crippen molar-refractivity contribution in [3.05, 3.63) is 45.3 Å². The van der Waals surface area contributed by atoms with Crippen LogP contribution in [0.1, 0.15) is 30.1 Å². The fraction of sp³-hybridized carbons (Fsp3) is 0.333. The van der Waals surface area contributed by atoms with E-state index in [0.717, 1.165) is 10.6 Å². The lowest BCUT2D eigenvalue weighted by Crippen LogP contribution is -2.32. The summed E-state index contributed by atoms with van der Waals surface area (Å²) in [6.07, 6.45) is 1.40.